The summed E-state index contributed by atoms with van der Waals surface area (Å²) in [6, 6.07) is 8.52. The van der Waals surface area contributed by atoms with Crippen LogP contribution in [0.3, 0.4) is 0 Å². The molecule has 0 aliphatic heterocycles. The minimum absolute atomic E-state index is 0.00178. The molecule has 0 amide bonds. The lowest BCUT2D eigenvalue weighted by Crippen LogP contribution is -2.17. The van der Waals surface area contributed by atoms with Crippen LogP contribution in [0.5, 0.6) is 0 Å². The standard InChI is InChI=1S/C12H14N4O2S/c1-9-2-4-10(5-3-9)16-19(17,18)12-8-14-7-6-11(12)15-13/h2-8,16H,13H2,1H3,(H,14,15). The molecule has 0 bridgehead atoms. The summed E-state index contributed by atoms with van der Waals surface area (Å²) in [7, 11) is -3.72. The number of rotatable bonds is 4. The highest BCUT2D eigenvalue weighted by atomic mass is 32.2. The monoisotopic (exact) mass is 278 g/mol. The van der Waals surface area contributed by atoms with Gasteiger partial charge in [0.2, 0.25) is 0 Å². The maximum atomic E-state index is 12.2. The van der Waals surface area contributed by atoms with E-state index in [-0.39, 0.29) is 10.6 Å². The van der Waals surface area contributed by atoms with E-state index in [4.69, 9.17) is 5.84 Å². The summed E-state index contributed by atoms with van der Waals surface area (Å²) >= 11 is 0. The number of nitrogen functional groups attached to an aromatic ring is 1. The van der Waals surface area contributed by atoms with Crippen LogP contribution in [0.1, 0.15) is 5.56 Å². The van der Waals surface area contributed by atoms with E-state index in [1.807, 2.05) is 19.1 Å². The van der Waals surface area contributed by atoms with Crippen molar-refractivity contribution in [3.8, 4) is 0 Å². The molecule has 0 aliphatic rings. The summed E-state index contributed by atoms with van der Waals surface area (Å²) in [4.78, 5) is 3.80. The highest BCUT2D eigenvalue weighted by Gasteiger charge is 2.18. The fraction of sp³-hybridized carbons (Fsp3) is 0.0833. The molecule has 0 fully saturated rings. The maximum absolute atomic E-state index is 12.2. The van der Waals surface area contributed by atoms with Crippen molar-refractivity contribution < 1.29 is 8.42 Å². The average Bonchev–Trinajstić information content (AvgIpc) is 2.41. The zero-order valence-electron chi connectivity index (χ0n) is 10.3. The largest absolute Gasteiger partial charge is 0.323 e. The van der Waals surface area contributed by atoms with Gasteiger partial charge in [0, 0.05) is 18.1 Å². The van der Waals surface area contributed by atoms with Gasteiger partial charge in [-0.1, -0.05) is 17.7 Å². The molecule has 0 atom stereocenters. The minimum Gasteiger partial charge on any atom is -0.323 e. The zero-order valence-corrected chi connectivity index (χ0v) is 11.1. The Bertz CT molecular complexity index is 668. The molecular weight excluding hydrogens is 264 g/mol. The number of nitrogens with two attached hydrogens (primary N) is 1. The van der Waals surface area contributed by atoms with Crippen LogP contribution in [-0.4, -0.2) is 13.4 Å². The van der Waals surface area contributed by atoms with Crippen LogP contribution in [-0.2, 0) is 10.0 Å². The first-order valence-corrected chi connectivity index (χ1v) is 7.01. The molecule has 1 aromatic carbocycles. The molecule has 1 heterocycles. The quantitative estimate of drug-likeness (QED) is 0.581. The number of aryl methyl sites for hydroxylation is 1. The van der Waals surface area contributed by atoms with Crippen molar-refractivity contribution in [3.05, 3.63) is 48.3 Å². The second-order valence-corrected chi connectivity index (χ2v) is 5.64. The van der Waals surface area contributed by atoms with Gasteiger partial charge in [-0.2, -0.15) is 0 Å². The molecule has 1 aromatic heterocycles. The van der Waals surface area contributed by atoms with Crippen molar-refractivity contribution in [1.82, 2.24) is 4.98 Å². The number of nitrogens with one attached hydrogen (secondary N) is 2. The predicted octanol–water partition coefficient (Wildman–Crippen LogP) is 1.48. The van der Waals surface area contributed by atoms with E-state index in [1.54, 1.807) is 12.1 Å². The van der Waals surface area contributed by atoms with Crippen molar-refractivity contribution >= 4 is 21.4 Å². The fourth-order valence-corrected chi connectivity index (χ4v) is 2.72. The SMILES string of the molecule is Cc1ccc(NS(=O)(=O)c2cnccc2NN)cc1. The van der Waals surface area contributed by atoms with E-state index < -0.39 is 10.0 Å². The fourth-order valence-electron chi connectivity index (χ4n) is 1.55. The predicted molar refractivity (Wildman–Crippen MR) is 74.0 cm³/mol. The number of sulfonamides is 1. The molecule has 19 heavy (non-hydrogen) atoms. The highest BCUT2D eigenvalue weighted by Crippen LogP contribution is 2.21. The molecule has 7 heteroatoms. The van der Waals surface area contributed by atoms with Gasteiger partial charge in [-0.3, -0.25) is 15.5 Å². The molecule has 0 spiro atoms. The van der Waals surface area contributed by atoms with E-state index in [0.717, 1.165) is 5.56 Å². The highest BCUT2D eigenvalue weighted by molar-refractivity contribution is 7.92. The maximum Gasteiger partial charge on any atom is 0.265 e. The molecule has 0 saturated carbocycles. The number of anilines is 2. The molecule has 0 aliphatic carbocycles. The van der Waals surface area contributed by atoms with Crippen molar-refractivity contribution in [2.75, 3.05) is 10.1 Å². The molecule has 100 valence electrons. The third-order valence-corrected chi connectivity index (χ3v) is 3.94. The van der Waals surface area contributed by atoms with Gasteiger partial charge in [-0.25, -0.2) is 8.42 Å². The average molecular weight is 278 g/mol. The summed E-state index contributed by atoms with van der Waals surface area (Å²) in [6.45, 7) is 1.93. The molecule has 0 unspecified atom stereocenters. The van der Waals surface area contributed by atoms with E-state index in [2.05, 4.69) is 15.1 Å². The van der Waals surface area contributed by atoms with Crippen LogP contribution in [0.2, 0.25) is 0 Å². The van der Waals surface area contributed by atoms with Gasteiger partial charge >= 0.3 is 0 Å². The number of aromatic nitrogens is 1. The van der Waals surface area contributed by atoms with E-state index in [0.29, 0.717) is 5.69 Å². The Morgan fingerprint density at radius 1 is 1.16 bits per heavy atom. The van der Waals surface area contributed by atoms with Crippen LogP contribution >= 0.6 is 0 Å². The molecule has 0 saturated heterocycles. The van der Waals surface area contributed by atoms with Gasteiger partial charge in [0.1, 0.15) is 4.90 Å². The number of hydrazine groups is 1. The van der Waals surface area contributed by atoms with Gasteiger partial charge in [-0.15, -0.1) is 0 Å². The van der Waals surface area contributed by atoms with Crippen molar-refractivity contribution in [2.24, 2.45) is 5.84 Å². The van der Waals surface area contributed by atoms with Gasteiger partial charge in [-0.05, 0) is 25.1 Å². The first-order chi connectivity index (χ1) is 9.03. The third kappa shape index (κ3) is 3.01. The number of nitrogens with zero attached hydrogens (tertiary/aromatic N) is 1. The number of hydrogen-bond acceptors (Lipinski definition) is 5. The Balaban J connectivity index is 2.35. The summed E-state index contributed by atoms with van der Waals surface area (Å²) < 4.78 is 26.9. The Morgan fingerprint density at radius 2 is 1.84 bits per heavy atom. The molecular formula is C12H14N4O2S. The van der Waals surface area contributed by atoms with Gasteiger partial charge in [0.15, 0.2) is 0 Å². The number of hydrogen-bond donors (Lipinski definition) is 3. The topological polar surface area (TPSA) is 97.1 Å². The van der Waals surface area contributed by atoms with Gasteiger partial charge in [0.25, 0.3) is 10.0 Å². The van der Waals surface area contributed by atoms with Gasteiger partial charge in [0.05, 0.1) is 5.69 Å². The first kappa shape index (κ1) is 13.3. The van der Waals surface area contributed by atoms with Gasteiger partial charge < -0.3 is 5.43 Å². The summed E-state index contributed by atoms with van der Waals surface area (Å²) in [5.41, 5.74) is 4.16. The van der Waals surface area contributed by atoms with Crippen LogP contribution in [0.4, 0.5) is 11.4 Å². The van der Waals surface area contributed by atoms with Crippen LogP contribution in [0.25, 0.3) is 0 Å². The summed E-state index contributed by atoms with van der Waals surface area (Å²) in [5, 5.41) is 0. The Hall–Kier alpha value is -2.12. The first-order valence-electron chi connectivity index (χ1n) is 5.53. The van der Waals surface area contributed by atoms with Crippen molar-refractivity contribution in [3.63, 3.8) is 0 Å². The Morgan fingerprint density at radius 3 is 2.47 bits per heavy atom. The normalized spacial score (nSPS) is 11.1. The van der Waals surface area contributed by atoms with Crippen LogP contribution in [0, 0.1) is 6.92 Å². The summed E-state index contributed by atoms with van der Waals surface area (Å²) in [6.07, 6.45) is 2.70. The van der Waals surface area contributed by atoms with Crippen LogP contribution < -0.4 is 16.0 Å². The third-order valence-electron chi connectivity index (χ3n) is 2.53. The molecule has 4 N–H and O–H groups in total. The lowest BCUT2D eigenvalue weighted by molar-refractivity contribution is 0.601. The number of benzene rings is 1. The van der Waals surface area contributed by atoms with E-state index in [9.17, 15) is 8.42 Å². The minimum atomic E-state index is -3.72. The molecule has 2 rings (SSSR count). The smallest absolute Gasteiger partial charge is 0.265 e. The zero-order chi connectivity index (χ0) is 13.9. The Labute approximate surface area is 111 Å². The van der Waals surface area contributed by atoms with E-state index in [1.165, 1.54) is 18.5 Å². The lowest BCUT2D eigenvalue weighted by atomic mass is 10.2. The van der Waals surface area contributed by atoms with Crippen LogP contribution in [0.15, 0.2) is 47.6 Å². The second kappa shape index (κ2) is 5.25. The molecule has 0 radical (unpaired) electrons. The summed E-state index contributed by atoms with van der Waals surface area (Å²) in [5.74, 6) is 5.29. The second-order valence-electron chi connectivity index (χ2n) is 3.99. The molecule has 2 aromatic rings. The van der Waals surface area contributed by atoms with E-state index >= 15 is 0 Å². The lowest BCUT2D eigenvalue weighted by Gasteiger charge is -2.11. The van der Waals surface area contributed by atoms with Crippen molar-refractivity contribution in [1.29, 1.82) is 0 Å². The Kier molecular flexibility index (Phi) is 3.68. The van der Waals surface area contributed by atoms with Crippen molar-refractivity contribution in [2.45, 2.75) is 11.8 Å². The molecule has 6 nitrogen and oxygen atoms in total. The number of pyridine rings is 1.